The van der Waals surface area contributed by atoms with E-state index in [1.165, 1.54) is 0 Å². The Morgan fingerprint density at radius 3 is 1.00 bits per heavy atom. The fraction of sp³-hybridized carbons (Fsp3) is 1.00. The van der Waals surface area contributed by atoms with Crippen LogP contribution in [0.2, 0.25) is 0 Å². The van der Waals surface area contributed by atoms with Crippen molar-refractivity contribution >= 4 is 0 Å². The van der Waals surface area contributed by atoms with Gasteiger partial charge in [-0.15, -0.1) is 0 Å². The van der Waals surface area contributed by atoms with Crippen molar-refractivity contribution in [2.75, 3.05) is 0 Å². The lowest BCUT2D eigenvalue weighted by atomic mass is 12.0. The van der Waals surface area contributed by atoms with Crippen LogP contribution < -0.4 is 5.90 Å². The SMILES string of the molecule is C.C.NO. The number of hydrogen-bond acceptors (Lipinski definition) is 2. The van der Waals surface area contributed by atoms with Crippen LogP contribution in [0.25, 0.3) is 0 Å². The highest BCUT2D eigenvalue weighted by Gasteiger charge is 0.732. The lowest BCUT2D eigenvalue weighted by Crippen LogP contribution is -1.72. The van der Waals surface area contributed by atoms with Crippen molar-refractivity contribution in [1.82, 2.24) is 0 Å². The first-order valence-corrected chi connectivity index (χ1v) is 0.258. The molecule has 2 nitrogen and oxygen atoms in total. The minimum atomic E-state index is 0. The fourth-order valence-corrected chi connectivity index (χ4v) is 0. The molecule has 0 aliphatic heterocycles. The van der Waals surface area contributed by atoms with Gasteiger partial charge >= 0.3 is 0 Å². The van der Waals surface area contributed by atoms with E-state index in [0.29, 0.717) is 0 Å². The Labute approximate surface area is 27.2 Å². The highest BCUT2D eigenvalue weighted by Crippen LogP contribution is 0.410. The summed E-state index contributed by atoms with van der Waals surface area (Å²) < 4.78 is 0. The minimum absolute atomic E-state index is 0. The summed E-state index contributed by atoms with van der Waals surface area (Å²) in [7, 11) is 0. The largest absolute Gasteiger partial charge is 0.320 e. The standard InChI is InChI=1S/2CH4.H3NO/c;;1-2/h2*1H4;2H,1H2. The highest BCUT2D eigenvalue weighted by atomic mass is 16.4. The molecular formula is C2H11NO. The van der Waals surface area contributed by atoms with Gasteiger partial charge in [-0.25, -0.2) is 5.90 Å². The summed E-state index contributed by atoms with van der Waals surface area (Å²) in [5.41, 5.74) is 0. The summed E-state index contributed by atoms with van der Waals surface area (Å²) in [4.78, 5) is 0. The van der Waals surface area contributed by atoms with Gasteiger partial charge in [0.1, 0.15) is 0 Å². The van der Waals surface area contributed by atoms with Crippen molar-refractivity contribution in [2.45, 2.75) is 14.9 Å². The summed E-state index contributed by atoms with van der Waals surface area (Å²) in [6, 6.07) is 0. The van der Waals surface area contributed by atoms with Gasteiger partial charge in [-0.1, -0.05) is 14.9 Å². The van der Waals surface area contributed by atoms with Crippen LogP contribution in [0.3, 0.4) is 0 Å². The summed E-state index contributed by atoms with van der Waals surface area (Å²) in [5, 5.41) is 6.50. The number of nitrogens with two attached hydrogens (primary N) is 1. The van der Waals surface area contributed by atoms with Crippen molar-refractivity contribution in [3.8, 4) is 0 Å². The Morgan fingerprint density at radius 1 is 1.00 bits per heavy atom. The molecule has 3 N–H and O–H groups in total. The average Bonchev–Trinajstić information content (AvgIpc) is 1.00. The van der Waals surface area contributed by atoms with Gasteiger partial charge < -0.3 is 5.21 Å². The first-order valence-electron chi connectivity index (χ1n) is 0.258. The molecule has 4 heavy (non-hydrogen) atoms. The van der Waals surface area contributed by atoms with E-state index < -0.39 is 0 Å². The van der Waals surface area contributed by atoms with Crippen molar-refractivity contribution in [3.05, 3.63) is 0 Å². The summed E-state index contributed by atoms with van der Waals surface area (Å²) in [6.07, 6.45) is 0. The first-order chi connectivity index (χ1) is 1.00. The molecule has 0 rings (SSSR count). The van der Waals surface area contributed by atoms with Crippen molar-refractivity contribution < 1.29 is 5.21 Å². The Bertz CT molecular complexity index is 6.00. The van der Waals surface area contributed by atoms with Gasteiger partial charge in [-0.2, -0.15) is 0 Å². The molecule has 0 aromatic heterocycles. The van der Waals surface area contributed by atoms with Crippen LogP contribution in [0, 0.1) is 0 Å². The molecule has 0 amide bonds. The van der Waals surface area contributed by atoms with Crippen molar-refractivity contribution in [1.29, 1.82) is 0 Å². The van der Waals surface area contributed by atoms with Crippen molar-refractivity contribution in [2.24, 2.45) is 5.90 Å². The zero-order valence-electron chi connectivity index (χ0n) is 1.02. The van der Waals surface area contributed by atoms with Crippen LogP contribution in [0.5, 0.6) is 0 Å². The molecule has 0 bridgehead atoms. The lowest BCUT2D eigenvalue weighted by molar-refractivity contribution is 0.311. The summed E-state index contributed by atoms with van der Waals surface area (Å²) in [5.74, 6) is 3.50. The molecule has 0 saturated heterocycles. The smallest absolute Gasteiger partial charge is 0.0776 e. The Kier molecular flexibility index (Phi) is 16600. The zero-order valence-corrected chi connectivity index (χ0v) is 1.02. The van der Waals surface area contributed by atoms with Crippen LogP contribution in [0.4, 0.5) is 0 Å². The normalized spacial score (nSPS) is 1.50. The second-order valence-electron chi connectivity index (χ2n) is 0. The van der Waals surface area contributed by atoms with Gasteiger partial charge in [0.25, 0.3) is 0 Å². The molecule has 0 aromatic rings. The van der Waals surface area contributed by atoms with E-state index in [0.717, 1.165) is 0 Å². The summed E-state index contributed by atoms with van der Waals surface area (Å²) >= 11 is 0. The van der Waals surface area contributed by atoms with Gasteiger partial charge in [0.2, 0.25) is 0 Å². The monoisotopic (exact) mass is 65.1 g/mol. The molecule has 0 saturated carbocycles. The molecule has 0 fully saturated rings. The first kappa shape index (κ1) is 39.5. The van der Waals surface area contributed by atoms with E-state index in [2.05, 4.69) is 5.90 Å². The zero-order chi connectivity index (χ0) is 2.00. The third kappa shape index (κ3) is 254. The molecular weight excluding hydrogens is 54.0 g/mol. The third-order valence-corrected chi connectivity index (χ3v) is 0. The van der Waals surface area contributed by atoms with Crippen molar-refractivity contribution in [3.63, 3.8) is 0 Å². The van der Waals surface area contributed by atoms with Crippen LogP contribution >= 0.6 is 0 Å². The third-order valence-electron chi connectivity index (χ3n) is 0. The van der Waals surface area contributed by atoms with Gasteiger partial charge in [-0.05, 0) is 0 Å². The Balaban J connectivity index is -0.00000000500. The van der Waals surface area contributed by atoms with Gasteiger partial charge in [0.15, 0.2) is 0 Å². The van der Waals surface area contributed by atoms with Gasteiger partial charge in [0, 0.05) is 0 Å². The van der Waals surface area contributed by atoms with Crippen LogP contribution in [0.15, 0.2) is 0 Å². The molecule has 0 heterocycles. The van der Waals surface area contributed by atoms with Gasteiger partial charge in [-0.3, -0.25) is 0 Å². The van der Waals surface area contributed by atoms with E-state index in [-0.39, 0.29) is 14.9 Å². The molecule has 0 aliphatic carbocycles. The summed E-state index contributed by atoms with van der Waals surface area (Å²) in [6.45, 7) is 0. The molecule has 0 spiro atoms. The van der Waals surface area contributed by atoms with E-state index in [4.69, 9.17) is 5.21 Å². The maximum Gasteiger partial charge on any atom is -0.0776 e. The van der Waals surface area contributed by atoms with Crippen LogP contribution in [-0.2, 0) is 0 Å². The highest BCUT2D eigenvalue weighted by molar-refractivity contribution is 2.77. The predicted octanol–water partition coefficient (Wildman–Crippen LogP) is 0.607. The molecule has 30 valence electrons. The molecule has 0 radical (unpaired) electrons. The number of hydrogen-bond donors (Lipinski definition) is 2. The maximum absolute atomic E-state index is 6.50. The van der Waals surface area contributed by atoms with E-state index in [1.807, 2.05) is 0 Å². The quantitative estimate of drug-likeness (QED) is 0.406. The Hall–Kier alpha value is -0.0800. The maximum atomic E-state index is 6.50. The molecule has 0 aliphatic rings. The van der Waals surface area contributed by atoms with E-state index in [9.17, 15) is 0 Å². The second kappa shape index (κ2) is 1680. The predicted molar refractivity (Wildman–Crippen MR) is 19.4 cm³/mol. The molecule has 2 heteroatoms. The minimum Gasteiger partial charge on any atom is -0.320 e. The molecule has 0 atom stereocenters. The second-order valence-corrected chi connectivity index (χ2v) is 0. The van der Waals surface area contributed by atoms with E-state index >= 15 is 0 Å². The molecule has 0 aromatic carbocycles. The average molecular weight is 65.1 g/mol. The fourth-order valence-electron chi connectivity index (χ4n) is 0. The number of rotatable bonds is 0. The van der Waals surface area contributed by atoms with Gasteiger partial charge in [0.05, 0.1) is 0 Å². The van der Waals surface area contributed by atoms with E-state index in [1.54, 1.807) is 0 Å². The molecule has 0 unspecified atom stereocenters. The van der Waals surface area contributed by atoms with Crippen LogP contribution in [0.1, 0.15) is 14.9 Å². The van der Waals surface area contributed by atoms with Crippen LogP contribution in [-0.4, -0.2) is 5.21 Å². The lowest BCUT2D eigenvalue weighted by Gasteiger charge is -1.27. The topological polar surface area (TPSA) is 46.2 Å². The Morgan fingerprint density at radius 2 is 1.00 bits per heavy atom.